The van der Waals surface area contributed by atoms with Crippen LogP contribution < -0.4 is 4.74 Å². The molecule has 0 unspecified atom stereocenters. The maximum absolute atomic E-state index is 11.3. The van der Waals surface area contributed by atoms with E-state index in [0.717, 1.165) is 0 Å². The topological polar surface area (TPSA) is 57.0 Å². The highest BCUT2D eigenvalue weighted by molar-refractivity contribution is 6.67. The molecule has 0 saturated heterocycles. The number of halogens is 2. The maximum atomic E-state index is 11.3. The Morgan fingerprint density at radius 3 is 2.88 bits per heavy atom. The summed E-state index contributed by atoms with van der Waals surface area (Å²) in [6.45, 7) is 0. The van der Waals surface area contributed by atoms with Crippen molar-refractivity contribution in [2.75, 3.05) is 7.11 Å². The smallest absolute Gasteiger partial charge is 0.271 e. The zero-order valence-corrected chi connectivity index (χ0v) is 10.2. The van der Waals surface area contributed by atoms with Crippen molar-refractivity contribution < 1.29 is 9.53 Å². The molecule has 5 nitrogen and oxygen atoms in total. The number of hydrogen-bond donors (Lipinski definition) is 0. The van der Waals surface area contributed by atoms with Crippen LogP contribution in [0.3, 0.4) is 0 Å². The summed E-state index contributed by atoms with van der Waals surface area (Å²) in [5.74, 6) is 0.581. The van der Waals surface area contributed by atoms with Gasteiger partial charge in [0.25, 0.3) is 5.24 Å². The lowest BCUT2D eigenvalue weighted by Gasteiger charge is -2.04. The largest absolute Gasteiger partial charge is 0.480 e. The van der Waals surface area contributed by atoms with Gasteiger partial charge in [-0.1, -0.05) is 11.6 Å². The predicted octanol–water partition coefficient (Wildman–Crippen LogP) is 2.31. The van der Waals surface area contributed by atoms with Gasteiger partial charge >= 0.3 is 0 Å². The molecule has 0 aliphatic heterocycles. The molecule has 0 bridgehead atoms. The van der Waals surface area contributed by atoms with Gasteiger partial charge in [-0.2, -0.15) is 0 Å². The lowest BCUT2D eigenvalue weighted by Crippen LogP contribution is -2.07. The number of aromatic nitrogens is 3. The normalized spacial score (nSPS) is 10.3. The SMILES string of the molecule is COc1cc(C(=O)Cl)n(-c2ncccc2Cl)n1. The minimum absolute atomic E-state index is 0.143. The molecule has 0 aliphatic carbocycles. The molecule has 2 heterocycles. The van der Waals surface area contributed by atoms with E-state index in [4.69, 9.17) is 27.9 Å². The molecule has 0 amide bonds. The molecular formula is C10H7Cl2N3O2. The predicted molar refractivity (Wildman–Crippen MR) is 63.1 cm³/mol. The van der Waals surface area contributed by atoms with Crippen LogP contribution in [-0.4, -0.2) is 27.1 Å². The second-order valence-electron chi connectivity index (χ2n) is 3.07. The molecule has 2 aromatic heterocycles. The number of methoxy groups -OCH3 is 1. The van der Waals surface area contributed by atoms with Crippen molar-refractivity contribution in [1.29, 1.82) is 0 Å². The maximum Gasteiger partial charge on any atom is 0.271 e. The zero-order chi connectivity index (χ0) is 12.4. The summed E-state index contributed by atoms with van der Waals surface area (Å²) in [5, 5.41) is 3.72. The lowest BCUT2D eigenvalue weighted by molar-refractivity contribution is 0.107. The fourth-order valence-electron chi connectivity index (χ4n) is 1.29. The minimum Gasteiger partial charge on any atom is -0.480 e. The van der Waals surface area contributed by atoms with Crippen LogP contribution in [0.5, 0.6) is 5.88 Å². The van der Waals surface area contributed by atoms with E-state index in [9.17, 15) is 4.79 Å². The molecule has 0 N–H and O–H groups in total. The number of rotatable bonds is 3. The first kappa shape index (κ1) is 11.9. The van der Waals surface area contributed by atoms with Crippen LogP contribution in [0.1, 0.15) is 10.5 Å². The molecule has 0 saturated carbocycles. The summed E-state index contributed by atoms with van der Waals surface area (Å²) in [4.78, 5) is 15.3. The Balaban J connectivity index is 2.62. The van der Waals surface area contributed by atoms with Gasteiger partial charge in [0, 0.05) is 12.3 Å². The Morgan fingerprint density at radius 2 is 2.29 bits per heavy atom. The zero-order valence-electron chi connectivity index (χ0n) is 8.72. The molecule has 88 valence electrons. The van der Waals surface area contributed by atoms with E-state index in [2.05, 4.69) is 10.1 Å². The van der Waals surface area contributed by atoms with Crippen LogP contribution in [0, 0.1) is 0 Å². The standard InChI is InChI=1S/C10H7Cl2N3O2/c1-17-8-5-7(9(12)16)15(14-8)10-6(11)3-2-4-13-10/h2-5H,1H3. The quantitative estimate of drug-likeness (QED) is 0.804. The van der Waals surface area contributed by atoms with E-state index < -0.39 is 5.24 Å². The highest BCUT2D eigenvalue weighted by atomic mass is 35.5. The van der Waals surface area contributed by atoms with E-state index >= 15 is 0 Å². The highest BCUT2D eigenvalue weighted by Gasteiger charge is 2.17. The van der Waals surface area contributed by atoms with Gasteiger partial charge in [0.2, 0.25) is 5.88 Å². The van der Waals surface area contributed by atoms with Gasteiger partial charge in [-0.05, 0) is 23.7 Å². The molecule has 7 heteroatoms. The molecule has 0 spiro atoms. The Hall–Kier alpha value is -1.59. The first-order valence-electron chi connectivity index (χ1n) is 4.58. The lowest BCUT2D eigenvalue weighted by atomic mass is 10.4. The van der Waals surface area contributed by atoms with Crippen LogP contribution in [0.25, 0.3) is 5.82 Å². The average molecular weight is 272 g/mol. The van der Waals surface area contributed by atoms with Crippen molar-refractivity contribution in [3.05, 3.63) is 35.1 Å². The minimum atomic E-state index is -0.664. The number of pyridine rings is 1. The number of nitrogens with zero attached hydrogens (tertiary/aromatic N) is 3. The third-order valence-electron chi connectivity index (χ3n) is 2.04. The van der Waals surface area contributed by atoms with E-state index in [1.54, 1.807) is 12.1 Å². The van der Waals surface area contributed by atoms with Crippen LogP contribution in [0.2, 0.25) is 5.02 Å². The summed E-state index contributed by atoms with van der Waals surface area (Å²) >= 11 is 11.4. The van der Waals surface area contributed by atoms with E-state index in [-0.39, 0.29) is 11.6 Å². The molecule has 17 heavy (non-hydrogen) atoms. The number of hydrogen-bond acceptors (Lipinski definition) is 4. The third kappa shape index (κ3) is 2.25. The highest BCUT2D eigenvalue weighted by Crippen LogP contribution is 2.22. The molecule has 0 fully saturated rings. The van der Waals surface area contributed by atoms with Gasteiger partial charge in [0.1, 0.15) is 5.69 Å². The summed E-state index contributed by atoms with van der Waals surface area (Å²) in [7, 11) is 1.44. The van der Waals surface area contributed by atoms with Crippen molar-refractivity contribution in [2.45, 2.75) is 0 Å². The molecule has 2 rings (SSSR count). The van der Waals surface area contributed by atoms with Crippen molar-refractivity contribution in [2.24, 2.45) is 0 Å². The number of ether oxygens (including phenoxy) is 1. The fraction of sp³-hybridized carbons (Fsp3) is 0.100. The van der Waals surface area contributed by atoms with Crippen LogP contribution in [-0.2, 0) is 0 Å². The van der Waals surface area contributed by atoms with Gasteiger partial charge in [-0.3, -0.25) is 4.79 Å². The van der Waals surface area contributed by atoms with E-state index in [1.165, 1.54) is 24.1 Å². The molecule has 2 aromatic rings. The number of carbonyl (C=O) groups is 1. The summed E-state index contributed by atoms with van der Waals surface area (Å²) in [6, 6.07) is 4.73. The second-order valence-corrected chi connectivity index (χ2v) is 3.82. The van der Waals surface area contributed by atoms with Crippen LogP contribution in [0.15, 0.2) is 24.4 Å². The van der Waals surface area contributed by atoms with Gasteiger partial charge in [0.05, 0.1) is 12.1 Å². The Labute approximate surface area is 107 Å². The second kappa shape index (κ2) is 4.73. The summed E-state index contributed by atoms with van der Waals surface area (Å²) < 4.78 is 6.18. The Morgan fingerprint density at radius 1 is 1.53 bits per heavy atom. The van der Waals surface area contributed by atoms with E-state index in [1.807, 2.05) is 0 Å². The monoisotopic (exact) mass is 271 g/mol. The van der Waals surface area contributed by atoms with Crippen molar-refractivity contribution >= 4 is 28.4 Å². The van der Waals surface area contributed by atoms with Gasteiger partial charge in [0.15, 0.2) is 5.82 Å². The number of carbonyl (C=O) groups excluding carboxylic acids is 1. The molecule has 0 radical (unpaired) electrons. The van der Waals surface area contributed by atoms with E-state index in [0.29, 0.717) is 10.8 Å². The molecular weight excluding hydrogens is 265 g/mol. The molecule has 0 atom stereocenters. The summed E-state index contributed by atoms with van der Waals surface area (Å²) in [5.41, 5.74) is 0.143. The fourth-order valence-corrected chi connectivity index (χ4v) is 1.63. The molecule has 0 aliphatic rings. The van der Waals surface area contributed by atoms with Crippen molar-refractivity contribution in [3.63, 3.8) is 0 Å². The van der Waals surface area contributed by atoms with Crippen molar-refractivity contribution in [3.8, 4) is 11.7 Å². The first-order chi connectivity index (χ1) is 8.13. The van der Waals surface area contributed by atoms with Crippen molar-refractivity contribution in [1.82, 2.24) is 14.8 Å². The Kier molecular flexibility index (Phi) is 3.31. The average Bonchev–Trinajstić information content (AvgIpc) is 2.73. The summed E-state index contributed by atoms with van der Waals surface area (Å²) in [6.07, 6.45) is 1.54. The van der Waals surface area contributed by atoms with Crippen LogP contribution >= 0.6 is 23.2 Å². The van der Waals surface area contributed by atoms with Gasteiger partial charge in [-0.15, -0.1) is 5.10 Å². The third-order valence-corrected chi connectivity index (χ3v) is 2.53. The van der Waals surface area contributed by atoms with Gasteiger partial charge in [-0.25, -0.2) is 9.67 Å². The van der Waals surface area contributed by atoms with Gasteiger partial charge < -0.3 is 4.74 Å². The Bertz CT molecular complexity index is 568. The van der Waals surface area contributed by atoms with Crippen LogP contribution in [0.4, 0.5) is 0 Å². The molecule has 0 aromatic carbocycles. The first-order valence-corrected chi connectivity index (χ1v) is 5.34.